The second-order valence-electron chi connectivity index (χ2n) is 4.77. The van der Waals surface area contributed by atoms with Crippen molar-refractivity contribution < 1.29 is 9.53 Å². The van der Waals surface area contributed by atoms with Crippen LogP contribution in [0.15, 0.2) is 22.7 Å². The number of amides is 1. The molecule has 0 radical (unpaired) electrons. The third-order valence-electron chi connectivity index (χ3n) is 3.69. The Morgan fingerprint density at radius 2 is 2.37 bits per heavy atom. The molecule has 1 aliphatic heterocycles. The normalized spacial score (nSPS) is 22.3. The van der Waals surface area contributed by atoms with E-state index in [1.807, 2.05) is 25.1 Å². The van der Waals surface area contributed by atoms with Gasteiger partial charge < -0.3 is 15.4 Å². The van der Waals surface area contributed by atoms with Crippen LogP contribution in [0.1, 0.15) is 26.2 Å². The molecule has 5 heteroatoms. The second kappa shape index (κ2) is 5.92. The van der Waals surface area contributed by atoms with Gasteiger partial charge in [-0.2, -0.15) is 0 Å². The van der Waals surface area contributed by atoms with Gasteiger partial charge in [-0.1, -0.05) is 6.92 Å². The second-order valence-corrected chi connectivity index (χ2v) is 5.62. The Balaban J connectivity index is 2.12. The number of hydrogen-bond donors (Lipinski definition) is 2. The first-order valence-electron chi connectivity index (χ1n) is 6.51. The molecular formula is C14H19BrN2O2. The molecule has 1 aromatic carbocycles. The average molecular weight is 327 g/mol. The Kier molecular flexibility index (Phi) is 4.47. The number of nitrogens with one attached hydrogen (secondary N) is 2. The smallest absolute Gasteiger partial charge is 0.244 e. The number of methoxy groups -OCH3 is 1. The fourth-order valence-corrected chi connectivity index (χ4v) is 3.00. The molecule has 1 heterocycles. The van der Waals surface area contributed by atoms with Crippen molar-refractivity contribution >= 4 is 27.5 Å². The highest BCUT2D eigenvalue weighted by atomic mass is 79.9. The minimum Gasteiger partial charge on any atom is -0.496 e. The first kappa shape index (κ1) is 14.3. The molecule has 2 rings (SSSR count). The van der Waals surface area contributed by atoms with Gasteiger partial charge in [0.15, 0.2) is 0 Å². The van der Waals surface area contributed by atoms with Gasteiger partial charge in [0.05, 0.1) is 17.1 Å². The van der Waals surface area contributed by atoms with E-state index in [0.717, 1.165) is 41.7 Å². The van der Waals surface area contributed by atoms with Gasteiger partial charge in [-0.3, -0.25) is 4.79 Å². The largest absolute Gasteiger partial charge is 0.496 e. The van der Waals surface area contributed by atoms with E-state index in [4.69, 9.17) is 4.74 Å². The van der Waals surface area contributed by atoms with Crippen LogP contribution in [0.2, 0.25) is 0 Å². The van der Waals surface area contributed by atoms with Crippen molar-refractivity contribution in [3.05, 3.63) is 22.7 Å². The van der Waals surface area contributed by atoms with Crippen LogP contribution in [0.25, 0.3) is 0 Å². The number of carbonyl (C=O) groups excluding carboxylic acids is 1. The first-order chi connectivity index (χ1) is 9.11. The van der Waals surface area contributed by atoms with Crippen molar-refractivity contribution in [2.45, 2.75) is 31.7 Å². The van der Waals surface area contributed by atoms with E-state index in [2.05, 4.69) is 26.6 Å². The lowest BCUT2D eigenvalue weighted by Gasteiger charge is -2.26. The van der Waals surface area contributed by atoms with Crippen LogP contribution >= 0.6 is 15.9 Å². The van der Waals surface area contributed by atoms with Crippen molar-refractivity contribution in [2.75, 3.05) is 19.0 Å². The SMILES string of the molecule is CCC1(C(=O)Nc2ccc(OC)c(Br)c2)CCCN1. The van der Waals surface area contributed by atoms with E-state index < -0.39 is 5.54 Å². The number of carbonyl (C=O) groups is 1. The van der Waals surface area contributed by atoms with Crippen molar-refractivity contribution in [3.63, 3.8) is 0 Å². The predicted octanol–water partition coefficient (Wildman–Crippen LogP) is 2.93. The molecular weight excluding hydrogens is 308 g/mol. The summed E-state index contributed by atoms with van der Waals surface area (Å²) in [4.78, 5) is 12.4. The van der Waals surface area contributed by atoms with E-state index in [-0.39, 0.29) is 5.91 Å². The number of hydrogen-bond acceptors (Lipinski definition) is 3. The Morgan fingerprint density at radius 3 is 2.89 bits per heavy atom. The fraction of sp³-hybridized carbons (Fsp3) is 0.500. The monoisotopic (exact) mass is 326 g/mol. The van der Waals surface area contributed by atoms with Gasteiger partial charge in [0.2, 0.25) is 5.91 Å². The van der Waals surface area contributed by atoms with Crippen LogP contribution in [0.4, 0.5) is 5.69 Å². The van der Waals surface area contributed by atoms with E-state index >= 15 is 0 Å². The zero-order valence-corrected chi connectivity index (χ0v) is 12.8. The lowest BCUT2D eigenvalue weighted by Crippen LogP contribution is -2.50. The minimum atomic E-state index is -0.410. The van der Waals surface area contributed by atoms with Crippen molar-refractivity contribution in [1.82, 2.24) is 5.32 Å². The summed E-state index contributed by atoms with van der Waals surface area (Å²) in [6.45, 7) is 2.95. The summed E-state index contributed by atoms with van der Waals surface area (Å²) in [7, 11) is 1.62. The highest BCUT2D eigenvalue weighted by Gasteiger charge is 2.39. The fourth-order valence-electron chi connectivity index (χ4n) is 2.46. The minimum absolute atomic E-state index is 0.0459. The standard InChI is InChI=1S/C14H19BrN2O2/c1-3-14(7-4-8-16-14)13(18)17-10-5-6-12(19-2)11(15)9-10/h5-6,9,16H,3-4,7-8H2,1-2H3,(H,17,18). The van der Waals surface area contributed by atoms with Gasteiger partial charge in [-0.05, 0) is 59.9 Å². The lowest BCUT2D eigenvalue weighted by molar-refractivity contribution is -0.122. The van der Waals surface area contributed by atoms with E-state index in [1.165, 1.54) is 0 Å². The molecule has 1 atom stereocenters. The molecule has 1 amide bonds. The van der Waals surface area contributed by atoms with E-state index in [1.54, 1.807) is 7.11 Å². The molecule has 0 saturated carbocycles. The maximum atomic E-state index is 12.4. The molecule has 0 aliphatic carbocycles. The van der Waals surface area contributed by atoms with Crippen LogP contribution in [0.5, 0.6) is 5.75 Å². The number of rotatable bonds is 4. The summed E-state index contributed by atoms with van der Waals surface area (Å²) in [6, 6.07) is 5.54. The molecule has 19 heavy (non-hydrogen) atoms. The van der Waals surface area contributed by atoms with Gasteiger partial charge in [0.1, 0.15) is 5.75 Å². The van der Waals surface area contributed by atoms with E-state index in [9.17, 15) is 4.79 Å². The van der Waals surface area contributed by atoms with Crippen LogP contribution in [-0.2, 0) is 4.79 Å². The number of anilines is 1. The third-order valence-corrected chi connectivity index (χ3v) is 4.31. The average Bonchev–Trinajstić information content (AvgIpc) is 2.89. The van der Waals surface area contributed by atoms with Crippen LogP contribution in [-0.4, -0.2) is 25.1 Å². The summed E-state index contributed by atoms with van der Waals surface area (Å²) < 4.78 is 6.01. The van der Waals surface area contributed by atoms with Crippen LogP contribution in [0, 0.1) is 0 Å². The van der Waals surface area contributed by atoms with E-state index in [0.29, 0.717) is 0 Å². The zero-order chi connectivity index (χ0) is 13.9. The maximum Gasteiger partial charge on any atom is 0.244 e. The molecule has 1 fully saturated rings. The Bertz CT molecular complexity index is 471. The van der Waals surface area contributed by atoms with Crippen LogP contribution in [0.3, 0.4) is 0 Å². The summed E-state index contributed by atoms with van der Waals surface area (Å²) >= 11 is 3.42. The zero-order valence-electron chi connectivity index (χ0n) is 11.3. The molecule has 4 nitrogen and oxygen atoms in total. The Hall–Kier alpha value is -1.07. The first-order valence-corrected chi connectivity index (χ1v) is 7.30. The lowest BCUT2D eigenvalue weighted by atomic mass is 9.93. The molecule has 0 spiro atoms. The Labute approximate surface area is 122 Å². The summed E-state index contributed by atoms with van der Waals surface area (Å²) in [5, 5.41) is 6.31. The van der Waals surface area contributed by atoms with Gasteiger partial charge >= 0.3 is 0 Å². The number of benzene rings is 1. The number of halogens is 1. The molecule has 1 aromatic rings. The van der Waals surface area contributed by atoms with Crippen molar-refractivity contribution in [3.8, 4) is 5.75 Å². The van der Waals surface area contributed by atoms with Crippen molar-refractivity contribution in [2.24, 2.45) is 0 Å². The number of ether oxygens (including phenoxy) is 1. The summed E-state index contributed by atoms with van der Waals surface area (Å²) in [5.41, 5.74) is 0.367. The quantitative estimate of drug-likeness (QED) is 0.894. The Morgan fingerprint density at radius 1 is 1.58 bits per heavy atom. The molecule has 0 aromatic heterocycles. The van der Waals surface area contributed by atoms with Crippen molar-refractivity contribution in [1.29, 1.82) is 0 Å². The van der Waals surface area contributed by atoms with Gasteiger partial charge in [-0.15, -0.1) is 0 Å². The van der Waals surface area contributed by atoms with Crippen LogP contribution < -0.4 is 15.4 Å². The van der Waals surface area contributed by atoms with Gasteiger partial charge in [0.25, 0.3) is 0 Å². The summed E-state index contributed by atoms with van der Waals surface area (Å²) in [5.74, 6) is 0.798. The predicted molar refractivity (Wildman–Crippen MR) is 79.6 cm³/mol. The van der Waals surface area contributed by atoms with Gasteiger partial charge in [0, 0.05) is 5.69 Å². The molecule has 0 bridgehead atoms. The molecule has 2 N–H and O–H groups in total. The maximum absolute atomic E-state index is 12.4. The molecule has 1 aliphatic rings. The topological polar surface area (TPSA) is 50.4 Å². The van der Waals surface area contributed by atoms with Gasteiger partial charge in [-0.25, -0.2) is 0 Å². The third kappa shape index (κ3) is 2.92. The molecule has 1 unspecified atom stereocenters. The highest BCUT2D eigenvalue weighted by molar-refractivity contribution is 9.10. The molecule has 104 valence electrons. The summed E-state index contributed by atoms with van der Waals surface area (Å²) in [6.07, 6.45) is 2.75. The molecule has 1 saturated heterocycles. The highest BCUT2D eigenvalue weighted by Crippen LogP contribution is 2.29.